The zero-order valence-corrected chi connectivity index (χ0v) is 12.4. The van der Waals surface area contributed by atoms with Gasteiger partial charge in [0, 0.05) is 19.2 Å². The molecule has 0 unspecified atom stereocenters. The molecule has 1 aromatic carbocycles. The second-order valence-corrected chi connectivity index (χ2v) is 5.52. The Bertz CT molecular complexity index is 765. The van der Waals surface area contributed by atoms with E-state index in [4.69, 9.17) is 5.11 Å². The van der Waals surface area contributed by atoms with Crippen molar-refractivity contribution < 1.29 is 14.3 Å². The molecule has 1 aliphatic rings. The lowest BCUT2D eigenvalue weighted by Gasteiger charge is -2.31. The number of hydrogen-bond donors (Lipinski definition) is 1. The first-order valence-corrected chi connectivity index (χ1v) is 7.38. The predicted molar refractivity (Wildman–Crippen MR) is 82.4 cm³/mol. The highest BCUT2D eigenvalue weighted by molar-refractivity contribution is 5.70. The van der Waals surface area contributed by atoms with Gasteiger partial charge in [-0.2, -0.15) is 4.68 Å². The lowest BCUT2D eigenvalue weighted by atomic mass is 9.97. The molecule has 1 fully saturated rings. The third-order valence-electron chi connectivity index (χ3n) is 4.03. The first-order valence-electron chi connectivity index (χ1n) is 7.38. The minimum atomic E-state index is -0.770. The summed E-state index contributed by atoms with van der Waals surface area (Å²) in [7, 11) is 0. The number of carbonyl (C=O) groups is 1. The third-order valence-corrected chi connectivity index (χ3v) is 4.03. The van der Waals surface area contributed by atoms with Crippen LogP contribution in [0.5, 0.6) is 0 Å². The van der Waals surface area contributed by atoms with Gasteiger partial charge in [-0.1, -0.05) is 0 Å². The Kier molecular flexibility index (Phi) is 4.10. The summed E-state index contributed by atoms with van der Waals surface area (Å²) in [4.78, 5) is 24.9. The molecule has 1 saturated heterocycles. The fourth-order valence-electron chi connectivity index (χ4n) is 2.69. The van der Waals surface area contributed by atoms with Gasteiger partial charge in [0.1, 0.15) is 11.6 Å². The van der Waals surface area contributed by atoms with Crippen molar-refractivity contribution in [3.05, 3.63) is 52.6 Å². The molecule has 6 nitrogen and oxygen atoms in total. The standard InChI is InChI=1S/C16H16FN3O3/c17-12-1-3-13(4-2-12)20-15(21)6-5-14(18-20)19-9-7-11(8-10-19)16(22)23/h1-6,11H,7-10H2,(H,22,23). The predicted octanol–water partition coefficient (Wildman–Crippen LogP) is 1.67. The van der Waals surface area contributed by atoms with Crippen LogP contribution in [0.4, 0.5) is 10.2 Å². The van der Waals surface area contributed by atoms with Crippen LogP contribution in [0.15, 0.2) is 41.2 Å². The molecule has 0 saturated carbocycles. The molecule has 0 amide bonds. The zero-order valence-electron chi connectivity index (χ0n) is 12.4. The molecule has 7 heteroatoms. The number of aliphatic carboxylic acids is 1. The lowest BCUT2D eigenvalue weighted by molar-refractivity contribution is -0.142. The van der Waals surface area contributed by atoms with Gasteiger partial charge in [0.05, 0.1) is 11.6 Å². The Balaban J connectivity index is 1.85. The van der Waals surface area contributed by atoms with Crippen LogP contribution in [-0.2, 0) is 4.79 Å². The molecule has 120 valence electrons. The van der Waals surface area contributed by atoms with Crippen LogP contribution < -0.4 is 10.5 Å². The zero-order chi connectivity index (χ0) is 16.4. The van der Waals surface area contributed by atoms with Crippen molar-refractivity contribution in [2.24, 2.45) is 5.92 Å². The summed E-state index contributed by atoms with van der Waals surface area (Å²) in [5.41, 5.74) is 0.180. The van der Waals surface area contributed by atoms with Gasteiger partial charge in [0.2, 0.25) is 0 Å². The van der Waals surface area contributed by atoms with Crippen molar-refractivity contribution in [3.8, 4) is 5.69 Å². The molecule has 0 spiro atoms. The van der Waals surface area contributed by atoms with Gasteiger partial charge < -0.3 is 10.0 Å². The van der Waals surface area contributed by atoms with Gasteiger partial charge in [-0.15, -0.1) is 5.10 Å². The molecule has 2 aromatic rings. The van der Waals surface area contributed by atoms with E-state index in [1.807, 2.05) is 4.90 Å². The third kappa shape index (κ3) is 3.23. The number of benzene rings is 1. The SMILES string of the molecule is O=C(O)C1CCN(c2ccc(=O)n(-c3ccc(F)cc3)n2)CC1. The maximum Gasteiger partial charge on any atom is 0.306 e. The van der Waals surface area contributed by atoms with E-state index in [-0.39, 0.29) is 17.3 Å². The molecule has 3 rings (SSSR count). The van der Waals surface area contributed by atoms with Crippen LogP contribution in [0, 0.1) is 11.7 Å². The van der Waals surface area contributed by atoms with Crippen LogP contribution in [0.3, 0.4) is 0 Å². The van der Waals surface area contributed by atoms with E-state index in [0.29, 0.717) is 37.4 Å². The maximum absolute atomic E-state index is 13.0. The summed E-state index contributed by atoms with van der Waals surface area (Å²) < 4.78 is 14.2. The van der Waals surface area contributed by atoms with E-state index in [0.717, 1.165) is 0 Å². The Morgan fingerprint density at radius 1 is 1.13 bits per heavy atom. The van der Waals surface area contributed by atoms with Crippen LogP contribution in [-0.4, -0.2) is 33.9 Å². The van der Waals surface area contributed by atoms with Crippen molar-refractivity contribution in [1.29, 1.82) is 0 Å². The van der Waals surface area contributed by atoms with Crippen molar-refractivity contribution in [1.82, 2.24) is 9.78 Å². The Labute approximate surface area is 131 Å². The second-order valence-electron chi connectivity index (χ2n) is 5.52. The number of rotatable bonds is 3. The summed E-state index contributed by atoms with van der Waals surface area (Å²) in [6.45, 7) is 1.15. The number of halogens is 1. The highest BCUT2D eigenvalue weighted by Crippen LogP contribution is 2.21. The van der Waals surface area contributed by atoms with Gasteiger partial charge in [0.15, 0.2) is 0 Å². The molecular weight excluding hydrogens is 301 g/mol. The maximum atomic E-state index is 13.0. The van der Waals surface area contributed by atoms with Crippen molar-refractivity contribution in [2.45, 2.75) is 12.8 Å². The monoisotopic (exact) mass is 317 g/mol. The Morgan fingerprint density at radius 2 is 1.78 bits per heavy atom. The molecule has 0 bridgehead atoms. The van der Waals surface area contributed by atoms with Crippen molar-refractivity contribution >= 4 is 11.8 Å². The smallest absolute Gasteiger partial charge is 0.306 e. The van der Waals surface area contributed by atoms with Crippen molar-refractivity contribution in [2.75, 3.05) is 18.0 Å². The number of aromatic nitrogens is 2. The summed E-state index contributed by atoms with van der Waals surface area (Å²) >= 11 is 0. The van der Waals surface area contributed by atoms with E-state index >= 15 is 0 Å². The number of nitrogens with zero attached hydrogens (tertiary/aromatic N) is 3. The molecule has 23 heavy (non-hydrogen) atoms. The lowest BCUT2D eigenvalue weighted by Crippen LogP contribution is -2.37. The summed E-state index contributed by atoms with van der Waals surface area (Å²) in [6, 6.07) is 8.57. The van der Waals surface area contributed by atoms with Gasteiger partial charge in [-0.25, -0.2) is 4.39 Å². The van der Waals surface area contributed by atoms with Gasteiger partial charge in [-0.3, -0.25) is 9.59 Å². The van der Waals surface area contributed by atoms with Crippen LogP contribution >= 0.6 is 0 Å². The summed E-state index contributed by atoms with van der Waals surface area (Å²) in [5.74, 6) is -0.866. The van der Waals surface area contributed by atoms with E-state index in [1.54, 1.807) is 6.07 Å². The highest BCUT2D eigenvalue weighted by Gasteiger charge is 2.25. The topological polar surface area (TPSA) is 75.4 Å². The Morgan fingerprint density at radius 3 is 2.39 bits per heavy atom. The molecule has 0 radical (unpaired) electrons. The molecule has 2 heterocycles. The molecule has 1 aliphatic heterocycles. The minimum absolute atomic E-state index is 0.305. The molecule has 0 aliphatic carbocycles. The first-order chi connectivity index (χ1) is 11.0. The van der Waals surface area contributed by atoms with Crippen molar-refractivity contribution in [3.63, 3.8) is 0 Å². The molecule has 1 N–H and O–H groups in total. The van der Waals surface area contributed by atoms with Gasteiger partial charge in [0.25, 0.3) is 5.56 Å². The van der Waals surface area contributed by atoms with E-state index < -0.39 is 5.97 Å². The van der Waals surface area contributed by atoms with Crippen LogP contribution in [0.25, 0.3) is 5.69 Å². The fourth-order valence-corrected chi connectivity index (χ4v) is 2.69. The summed E-state index contributed by atoms with van der Waals surface area (Å²) in [6.07, 6.45) is 1.10. The van der Waals surface area contributed by atoms with E-state index in [2.05, 4.69) is 5.10 Å². The minimum Gasteiger partial charge on any atom is -0.481 e. The van der Waals surface area contributed by atoms with Gasteiger partial charge >= 0.3 is 5.97 Å². The molecule has 1 aromatic heterocycles. The van der Waals surface area contributed by atoms with Crippen LogP contribution in [0.1, 0.15) is 12.8 Å². The van der Waals surface area contributed by atoms with E-state index in [1.165, 1.54) is 35.0 Å². The number of anilines is 1. The largest absolute Gasteiger partial charge is 0.481 e. The number of carboxylic acid groups (broad SMARTS) is 1. The van der Waals surface area contributed by atoms with E-state index in [9.17, 15) is 14.0 Å². The first kappa shape index (κ1) is 15.2. The summed E-state index contributed by atoms with van der Waals surface area (Å²) in [5, 5.41) is 13.4. The average molecular weight is 317 g/mol. The second kappa shape index (κ2) is 6.20. The Hall–Kier alpha value is -2.70. The number of hydrogen-bond acceptors (Lipinski definition) is 4. The van der Waals surface area contributed by atoms with Gasteiger partial charge in [-0.05, 0) is 43.2 Å². The number of carboxylic acids is 1. The quantitative estimate of drug-likeness (QED) is 0.932. The number of piperidine rings is 1. The normalized spacial score (nSPS) is 15.6. The molecular formula is C16H16FN3O3. The highest BCUT2D eigenvalue weighted by atomic mass is 19.1. The van der Waals surface area contributed by atoms with Crippen LogP contribution in [0.2, 0.25) is 0 Å². The average Bonchev–Trinajstić information content (AvgIpc) is 2.56. The fraction of sp³-hybridized carbons (Fsp3) is 0.312. The molecule has 0 atom stereocenters.